The molecule has 0 aliphatic heterocycles. The third-order valence-corrected chi connectivity index (χ3v) is 0. The van der Waals surface area contributed by atoms with E-state index in [9.17, 15) is 0 Å². The number of hydrogen-bond donors (Lipinski definition) is 3. The van der Waals surface area contributed by atoms with Crippen molar-refractivity contribution >= 4 is 7.82 Å². The Labute approximate surface area is 67.4 Å². The molecule has 0 aliphatic carbocycles. The second kappa shape index (κ2) is 8.03. The van der Waals surface area contributed by atoms with Gasteiger partial charge in [0, 0.05) is 0 Å². The molecule has 3 N–H and O–H groups in total. The number of rotatable bonds is 0. The van der Waals surface area contributed by atoms with E-state index in [-0.39, 0.29) is 20.3 Å². The van der Waals surface area contributed by atoms with E-state index in [1.54, 1.807) is 0 Å². The van der Waals surface area contributed by atoms with E-state index < -0.39 is 7.82 Å². The van der Waals surface area contributed by atoms with Gasteiger partial charge in [-0.05, 0) is 0 Å². The Morgan fingerprint density at radius 1 is 1.25 bits per heavy atom. The molecular weight excluding hydrogens is 174 g/mol. The van der Waals surface area contributed by atoms with Crippen LogP contribution in [0.1, 0.15) is 1.43 Å². The second-order valence-electron chi connectivity index (χ2n) is 0.513. The van der Waals surface area contributed by atoms with Gasteiger partial charge in [0.2, 0.25) is 0 Å². The number of phosphoric acid groups is 1. The van der Waals surface area contributed by atoms with Gasteiger partial charge in [-0.1, -0.05) is 0 Å². The summed E-state index contributed by atoms with van der Waals surface area (Å²) in [5.74, 6) is 0. The van der Waals surface area contributed by atoms with Crippen molar-refractivity contribution in [3.63, 3.8) is 0 Å². The van der Waals surface area contributed by atoms with E-state index in [4.69, 9.17) is 23.1 Å². The van der Waals surface area contributed by atoms with Gasteiger partial charge in [-0.15, -0.1) is 0 Å². The van der Waals surface area contributed by atoms with Crippen LogP contribution in [0, 0.1) is 0 Å². The molecule has 0 heterocycles. The summed E-state index contributed by atoms with van der Waals surface area (Å²) >= 11 is 2.00. The zero-order valence-electron chi connectivity index (χ0n) is 4.96. The summed E-state index contributed by atoms with van der Waals surface area (Å²) < 4.78 is 16.9. The molecule has 0 unspecified atom stereocenters. The molecule has 0 spiro atoms. The molecule has 0 aromatic carbocycles. The van der Waals surface area contributed by atoms with Crippen LogP contribution in [-0.2, 0) is 24.3 Å². The molecule has 0 aromatic rings. The number of hydrogen-bond acceptors (Lipinski definition) is 2. The van der Waals surface area contributed by atoms with Gasteiger partial charge in [0.25, 0.3) is 0 Å². The van der Waals surface area contributed by atoms with E-state index in [1.165, 1.54) is 0 Å². The molecule has 8 heavy (non-hydrogen) atoms. The van der Waals surface area contributed by atoms with Gasteiger partial charge in [0.05, 0.1) is 0 Å². The standard InChI is InChI=1S/Fe.Li.H3O4P.O.H/c;;1-5(2,3)4;;/h;;(H3,1,2,3,4);;/q;+1;;;-1. The normalized spacial score (nSPS) is 8.00. The molecule has 0 aliphatic rings. The molecule has 5 nitrogen and oxygen atoms in total. The van der Waals surface area contributed by atoms with Crippen molar-refractivity contribution in [1.82, 2.24) is 0 Å². The van der Waals surface area contributed by atoms with Gasteiger partial charge in [-0.3, -0.25) is 0 Å². The molecule has 0 saturated heterocycles. The minimum atomic E-state index is -4.64. The van der Waals surface area contributed by atoms with Gasteiger partial charge >= 0.3 is 46.5 Å². The van der Waals surface area contributed by atoms with Gasteiger partial charge < -0.3 is 16.1 Å². The predicted octanol–water partition coefficient (Wildman–Crippen LogP) is -3.93. The summed E-state index contributed by atoms with van der Waals surface area (Å²) in [4.78, 5) is 21.6. The van der Waals surface area contributed by atoms with Crippen LogP contribution in [0.2, 0.25) is 0 Å². The van der Waals surface area contributed by atoms with Gasteiger partial charge in [-0.2, -0.15) is 0 Å². The Morgan fingerprint density at radius 2 is 1.25 bits per heavy atom. The van der Waals surface area contributed by atoms with Crippen LogP contribution in [-0.4, -0.2) is 14.7 Å². The maximum atomic E-state index is 8.88. The van der Waals surface area contributed by atoms with E-state index in [1.807, 2.05) is 15.9 Å². The second-order valence-corrected chi connectivity index (χ2v) is 1.54. The van der Waals surface area contributed by atoms with Crippen molar-refractivity contribution in [2.24, 2.45) is 0 Å². The topological polar surface area (TPSA) is 94.8 Å². The fourth-order valence-electron chi connectivity index (χ4n) is 0. The van der Waals surface area contributed by atoms with E-state index in [0.29, 0.717) is 0 Å². The van der Waals surface area contributed by atoms with Crippen molar-refractivity contribution in [3.05, 3.63) is 0 Å². The Morgan fingerprint density at radius 3 is 1.25 bits per heavy atom. The molecule has 0 bridgehead atoms. The molecule has 0 atom stereocenters. The zero-order valence-corrected chi connectivity index (χ0v) is 5.96. The van der Waals surface area contributed by atoms with Crippen molar-refractivity contribution in [2.45, 2.75) is 0 Å². The summed E-state index contributed by atoms with van der Waals surface area (Å²) in [6, 6.07) is 0. The van der Waals surface area contributed by atoms with Crippen molar-refractivity contribution in [2.75, 3.05) is 0 Å². The van der Waals surface area contributed by atoms with E-state index >= 15 is 0 Å². The molecule has 0 amide bonds. The van der Waals surface area contributed by atoms with Crippen LogP contribution in [0.4, 0.5) is 0 Å². The first-order chi connectivity index (χ1) is 3.00. The summed E-state index contributed by atoms with van der Waals surface area (Å²) in [7, 11) is -4.64. The van der Waals surface area contributed by atoms with Crippen molar-refractivity contribution < 1.29 is 59.3 Å². The molecule has 48 valence electrons. The third kappa shape index (κ3) is 242. The SMILES string of the molecule is O=P(O)(O)O.[H-].[Li+].[O]=[Fe]. The summed E-state index contributed by atoms with van der Waals surface area (Å²) in [5, 5.41) is 0. The fraction of sp³-hybridized carbons (Fsp3) is 0. The molecule has 0 radical (unpaired) electrons. The molecule has 0 aromatic heterocycles. The molecule has 0 rings (SSSR count). The van der Waals surface area contributed by atoms with Crippen LogP contribution >= 0.6 is 7.82 Å². The Kier molecular flexibility index (Phi) is 16.1. The maximum absolute atomic E-state index is 8.88. The Hall–Kier alpha value is 1.03. The first kappa shape index (κ1) is 16.0. The van der Waals surface area contributed by atoms with Crippen LogP contribution < -0.4 is 18.9 Å². The van der Waals surface area contributed by atoms with Crippen LogP contribution in [0.3, 0.4) is 0 Å². The minimum absolute atomic E-state index is 0. The van der Waals surface area contributed by atoms with E-state index in [2.05, 4.69) is 0 Å². The van der Waals surface area contributed by atoms with Gasteiger partial charge in [0.1, 0.15) is 0 Å². The predicted molar refractivity (Wildman–Crippen MR) is 16.1 cm³/mol. The molecule has 0 fully saturated rings. The first-order valence-electron chi connectivity index (χ1n) is 0.927. The van der Waals surface area contributed by atoms with Crippen molar-refractivity contribution in [3.8, 4) is 0 Å². The summed E-state index contributed by atoms with van der Waals surface area (Å²) in [6.45, 7) is 0. The fourth-order valence-corrected chi connectivity index (χ4v) is 0. The third-order valence-electron chi connectivity index (χ3n) is 0. The summed E-state index contributed by atoms with van der Waals surface area (Å²) in [6.07, 6.45) is 0. The summed E-state index contributed by atoms with van der Waals surface area (Å²) in [5.41, 5.74) is 0. The van der Waals surface area contributed by atoms with Gasteiger partial charge in [-0.25, -0.2) is 4.57 Å². The van der Waals surface area contributed by atoms with Gasteiger partial charge in [0.15, 0.2) is 0 Å². The quantitative estimate of drug-likeness (QED) is 0.260. The van der Waals surface area contributed by atoms with Crippen LogP contribution in [0.25, 0.3) is 0 Å². The van der Waals surface area contributed by atoms with Crippen LogP contribution in [0.15, 0.2) is 0 Å². The Bertz CT molecular complexity index is 72.8. The molecule has 0 saturated carbocycles. The average Bonchev–Trinajstić information content (AvgIpc) is 1.36. The zero-order chi connectivity index (χ0) is 6.50. The first-order valence-corrected chi connectivity index (χ1v) is 2.94. The average molecular weight is 178 g/mol. The molecule has 8 heteroatoms. The van der Waals surface area contributed by atoms with Crippen LogP contribution in [0.5, 0.6) is 0 Å². The molecular formula is H4FeLiO5P. The monoisotopic (exact) mass is 178 g/mol. The Balaban J connectivity index is -0.0000000286. The van der Waals surface area contributed by atoms with E-state index in [0.717, 1.165) is 0 Å². The van der Waals surface area contributed by atoms with Crippen molar-refractivity contribution in [1.29, 1.82) is 0 Å².